The highest BCUT2D eigenvalue weighted by Crippen LogP contribution is 2.41. The van der Waals surface area contributed by atoms with Crippen LogP contribution in [0.15, 0.2) is 45.3 Å². The standard InChI is InChI=1S/C19H18Br2N2O2/c20-16-9-15-14(17(21)18(16)24)8-13-11-22(6-7-23(13)19(15)25)10-12-4-2-1-3-5-12/h1-5,9,13,24H,6-8,10-11H2/t13-/m1/s1. The number of fused-ring (bicyclic) bond motifs is 2. The Kier molecular flexibility index (Phi) is 4.60. The molecule has 0 aromatic heterocycles. The largest absolute Gasteiger partial charge is 0.506 e. The fraction of sp³-hybridized carbons (Fsp3) is 0.316. The van der Waals surface area contributed by atoms with Crippen LogP contribution in [0.1, 0.15) is 21.5 Å². The summed E-state index contributed by atoms with van der Waals surface area (Å²) in [5.74, 6) is 0.226. The zero-order chi connectivity index (χ0) is 17.6. The molecule has 1 saturated heterocycles. The third-order valence-corrected chi connectivity index (χ3v) is 6.50. The van der Waals surface area contributed by atoms with Crippen LogP contribution in [0.2, 0.25) is 0 Å². The van der Waals surface area contributed by atoms with Crippen LogP contribution in [0, 0.1) is 0 Å². The summed E-state index contributed by atoms with van der Waals surface area (Å²) in [6, 6.07) is 12.3. The number of amides is 1. The molecule has 0 radical (unpaired) electrons. The number of carbonyl (C=O) groups is 1. The van der Waals surface area contributed by atoms with Gasteiger partial charge in [-0.1, -0.05) is 30.3 Å². The molecule has 2 heterocycles. The lowest BCUT2D eigenvalue weighted by Crippen LogP contribution is -2.57. The van der Waals surface area contributed by atoms with E-state index in [1.165, 1.54) is 5.56 Å². The highest BCUT2D eigenvalue weighted by molar-refractivity contribution is 9.11. The van der Waals surface area contributed by atoms with Gasteiger partial charge in [0.1, 0.15) is 5.75 Å². The quantitative estimate of drug-likeness (QED) is 0.733. The fourth-order valence-electron chi connectivity index (χ4n) is 3.78. The number of phenols is 1. The van der Waals surface area contributed by atoms with Crippen molar-refractivity contribution < 1.29 is 9.90 Å². The van der Waals surface area contributed by atoms with Crippen molar-refractivity contribution in [3.8, 4) is 5.75 Å². The zero-order valence-corrected chi connectivity index (χ0v) is 16.8. The van der Waals surface area contributed by atoms with Gasteiger partial charge in [0.15, 0.2) is 0 Å². The minimum absolute atomic E-state index is 0.0620. The zero-order valence-electron chi connectivity index (χ0n) is 13.6. The topological polar surface area (TPSA) is 43.8 Å². The normalized spacial score (nSPS) is 20.3. The Balaban J connectivity index is 1.58. The van der Waals surface area contributed by atoms with Crippen molar-refractivity contribution in [3.05, 3.63) is 62.0 Å². The lowest BCUT2D eigenvalue weighted by Gasteiger charge is -2.44. The molecule has 25 heavy (non-hydrogen) atoms. The number of phenolic OH excluding ortho intramolecular Hbond substituents is 1. The summed E-state index contributed by atoms with van der Waals surface area (Å²) in [7, 11) is 0. The van der Waals surface area contributed by atoms with Gasteiger partial charge in [-0.2, -0.15) is 0 Å². The summed E-state index contributed by atoms with van der Waals surface area (Å²) >= 11 is 6.79. The summed E-state index contributed by atoms with van der Waals surface area (Å²) in [6.45, 7) is 3.38. The van der Waals surface area contributed by atoms with Crippen molar-refractivity contribution in [2.45, 2.75) is 19.0 Å². The molecule has 0 aliphatic carbocycles. The second kappa shape index (κ2) is 6.74. The first-order valence-corrected chi connectivity index (χ1v) is 9.90. The molecule has 1 fully saturated rings. The van der Waals surface area contributed by atoms with Gasteiger partial charge in [-0.25, -0.2) is 0 Å². The van der Waals surface area contributed by atoms with Crippen LogP contribution >= 0.6 is 31.9 Å². The average Bonchev–Trinajstić information content (AvgIpc) is 2.62. The van der Waals surface area contributed by atoms with Crippen molar-refractivity contribution in [2.75, 3.05) is 19.6 Å². The summed E-state index contributed by atoms with van der Waals surface area (Å²) in [5.41, 5.74) is 2.89. The van der Waals surface area contributed by atoms with Gasteiger partial charge in [-0.3, -0.25) is 9.69 Å². The molecule has 0 bridgehead atoms. The molecule has 2 aromatic rings. The minimum Gasteiger partial charge on any atom is -0.506 e. The van der Waals surface area contributed by atoms with Gasteiger partial charge in [0.25, 0.3) is 5.91 Å². The predicted molar refractivity (Wildman–Crippen MR) is 104 cm³/mol. The van der Waals surface area contributed by atoms with E-state index in [1.807, 2.05) is 11.0 Å². The smallest absolute Gasteiger partial charge is 0.254 e. The average molecular weight is 466 g/mol. The first kappa shape index (κ1) is 17.1. The first-order chi connectivity index (χ1) is 12.0. The van der Waals surface area contributed by atoms with E-state index in [9.17, 15) is 9.90 Å². The van der Waals surface area contributed by atoms with Crippen LogP contribution in [0.5, 0.6) is 5.75 Å². The molecule has 0 unspecified atom stereocenters. The lowest BCUT2D eigenvalue weighted by molar-refractivity contribution is 0.0401. The summed E-state index contributed by atoms with van der Waals surface area (Å²) in [5, 5.41) is 10.2. The Hall–Kier alpha value is -1.37. The maximum absolute atomic E-state index is 12.9. The van der Waals surface area contributed by atoms with Crippen molar-refractivity contribution >= 4 is 37.8 Å². The van der Waals surface area contributed by atoms with E-state index in [2.05, 4.69) is 61.0 Å². The highest BCUT2D eigenvalue weighted by atomic mass is 79.9. The fourth-order valence-corrected chi connectivity index (χ4v) is 5.06. The molecule has 2 aromatic carbocycles. The van der Waals surface area contributed by atoms with Gasteiger partial charge in [0.2, 0.25) is 0 Å². The molecule has 0 saturated carbocycles. The third-order valence-electron chi connectivity index (χ3n) is 5.04. The molecule has 2 aliphatic heterocycles. The molecule has 6 heteroatoms. The number of benzene rings is 2. The SMILES string of the molecule is O=C1c2cc(Br)c(O)c(Br)c2C[C@@H]2CN(Cc3ccccc3)CCN12. The molecule has 1 atom stereocenters. The second-order valence-corrected chi connectivity index (χ2v) is 8.27. The van der Waals surface area contributed by atoms with Gasteiger partial charge >= 0.3 is 0 Å². The van der Waals surface area contributed by atoms with E-state index < -0.39 is 0 Å². The number of aromatic hydroxyl groups is 1. The minimum atomic E-state index is 0.0620. The molecule has 130 valence electrons. The van der Waals surface area contributed by atoms with E-state index in [0.717, 1.165) is 38.2 Å². The van der Waals surface area contributed by atoms with Gasteiger partial charge in [-0.05, 0) is 55.5 Å². The number of halogens is 2. The number of nitrogens with zero attached hydrogens (tertiary/aromatic N) is 2. The molecular formula is C19H18Br2N2O2. The van der Waals surface area contributed by atoms with E-state index in [0.29, 0.717) is 14.5 Å². The number of hydrogen-bond donors (Lipinski definition) is 1. The summed E-state index contributed by atoms with van der Waals surface area (Å²) in [6.07, 6.45) is 0.758. The molecule has 0 spiro atoms. The number of hydrogen-bond acceptors (Lipinski definition) is 3. The number of carbonyl (C=O) groups excluding carboxylic acids is 1. The Labute approximate surface area is 163 Å². The van der Waals surface area contributed by atoms with Gasteiger partial charge in [0, 0.05) is 37.8 Å². The molecule has 4 nitrogen and oxygen atoms in total. The van der Waals surface area contributed by atoms with Crippen LogP contribution in [0.4, 0.5) is 0 Å². The molecule has 2 aliphatic rings. The van der Waals surface area contributed by atoms with E-state index in [4.69, 9.17) is 0 Å². The van der Waals surface area contributed by atoms with Crippen molar-refractivity contribution in [1.29, 1.82) is 0 Å². The Morgan fingerprint density at radius 3 is 2.68 bits per heavy atom. The van der Waals surface area contributed by atoms with E-state index in [1.54, 1.807) is 6.07 Å². The van der Waals surface area contributed by atoms with Gasteiger partial charge in [0.05, 0.1) is 8.95 Å². The van der Waals surface area contributed by atoms with E-state index >= 15 is 0 Å². The summed E-state index contributed by atoms with van der Waals surface area (Å²) < 4.78 is 1.18. The van der Waals surface area contributed by atoms with Crippen LogP contribution in [0.25, 0.3) is 0 Å². The monoisotopic (exact) mass is 464 g/mol. The number of piperazine rings is 1. The number of rotatable bonds is 2. The molecule has 1 amide bonds. The van der Waals surface area contributed by atoms with Crippen molar-refractivity contribution in [3.63, 3.8) is 0 Å². The van der Waals surface area contributed by atoms with Crippen LogP contribution in [-0.2, 0) is 13.0 Å². The lowest BCUT2D eigenvalue weighted by atomic mass is 9.91. The van der Waals surface area contributed by atoms with Gasteiger partial charge < -0.3 is 10.0 Å². The Morgan fingerprint density at radius 2 is 1.92 bits per heavy atom. The first-order valence-electron chi connectivity index (χ1n) is 8.31. The van der Waals surface area contributed by atoms with Crippen molar-refractivity contribution in [2.24, 2.45) is 0 Å². The van der Waals surface area contributed by atoms with Crippen LogP contribution < -0.4 is 0 Å². The molecule has 4 rings (SSSR count). The maximum Gasteiger partial charge on any atom is 0.254 e. The molecule has 1 N–H and O–H groups in total. The van der Waals surface area contributed by atoms with E-state index in [-0.39, 0.29) is 17.7 Å². The summed E-state index contributed by atoms with van der Waals surface area (Å²) in [4.78, 5) is 17.3. The van der Waals surface area contributed by atoms with Crippen molar-refractivity contribution in [1.82, 2.24) is 9.80 Å². The van der Waals surface area contributed by atoms with Gasteiger partial charge in [-0.15, -0.1) is 0 Å². The molecular weight excluding hydrogens is 448 g/mol. The second-order valence-electron chi connectivity index (χ2n) is 6.62. The van der Waals surface area contributed by atoms with Crippen LogP contribution in [0.3, 0.4) is 0 Å². The Bertz CT molecular complexity index is 826. The van der Waals surface area contributed by atoms with Crippen LogP contribution in [-0.4, -0.2) is 46.5 Å². The third kappa shape index (κ3) is 3.11. The highest BCUT2D eigenvalue weighted by Gasteiger charge is 2.38. The maximum atomic E-state index is 12.9. The Morgan fingerprint density at radius 1 is 1.16 bits per heavy atom. The predicted octanol–water partition coefficient (Wildman–Crippen LogP) is 3.80.